The van der Waals surface area contributed by atoms with Crippen molar-refractivity contribution in [3.63, 3.8) is 0 Å². The second-order valence-electron chi connectivity index (χ2n) is 9.53. The molecular formula is C22H37N6O7P. The molecular weight excluding hydrogens is 491 g/mol. The molecule has 2 heterocycles. The molecule has 13 nitrogen and oxygen atoms in total. The number of nitrogens with zero attached hydrogens (tertiary/aromatic N) is 4. The maximum Gasteiger partial charge on any atom is 0.335 e. The van der Waals surface area contributed by atoms with Gasteiger partial charge >= 0.3 is 11.9 Å². The van der Waals surface area contributed by atoms with E-state index in [0.717, 1.165) is 0 Å². The van der Waals surface area contributed by atoms with Gasteiger partial charge in [-0.25, -0.2) is 24.8 Å². The SMILES string of the molecule is CC(C)OC(=O)[C@H](C)O[P@](=O)(CO[C@H](C)Cn1cnc2c(N)ncnc21)NC(C)(C)C(=O)OC(C)C. The van der Waals surface area contributed by atoms with E-state index in [-0.39, 0.29) is 18.0 Å². The predicted molar refractivity (Wildman–Crippen MR) is 133 cm³/mol. The number of anilines is 1. The number of aromatic nitrogens is 4. The standard InChI is InChI=1S/C22H37N6O7P/c1-13(2)33-20(29)16(6)35-36(31,27-22(7,8)21(30)34-14(3)4)12-32-15(5)9-28-11-26-17-18(23)24-10-25-19(17)28/h10-11,13-16H,9,12H2,1-8H3,(H,27,31)(H2,23,24,25)/t15-,16+,36-/m1/s1. The van der Waals surface area contributed by atoms with Crippen LogP contribution in [-0.4, -0.2) is 67.8 Å². The molecule has 36 heavy (non-hydrogen) atoms. The summed E-state index contributed by atoms with van der Waals surface area (Å²) in [4.78, 5) is 37.2. The predicted octanol–water partition coefficient (Wildman–Crippen LogP) is 2.64. The van der Waals surface area contributed by atoms with Crippen LogP contribution in [0.5, 0.6) is 0 Å². The molecule has 0 unspecified atom stereocenters. The van der Waals surface area contributed by atoms with Crippen LogP contribution in [0.25, 0.3) is 11.2 Å². The van der Waals surface area contributed by atoms with Crippen LogP contribution in [0.4, 0.5) is 5.82 Å². The van der Waals surface area contributed by atoms with Crippen molar-refractivity contribution < 1.29 is 32.9 Å². The highest BCUT2D eigenvalue weighted by molar-refractivity contribution is 7.56. The zero-order valence-electron chi connectivity index (χ0n) is 22.0. The van der Waals surface area contributed by atoms with E-state index in [1.165, 1.54) is 27.1 Å². The molecule has 0 radical (unpaired) electrons. The Morgan fingerprint density at radius 2 is 1.72 bits per heavy atom. The highest BCUT2D eigenvalue weighted by atomic mass is 31.2. The van der Waals surface area contributed by atoms with Crippen LogP contribution in [-0.2, 0) is 39.4 Å². The number of carbonyl (C=O) groups is 2. The van der Waals surface area contributed by atoms with Gasteiger partial charge in [0.2, 0.25) is 0 Å². The zero-order valence-corrected chi connectivity index (χ0v) is 22.9. The van der Waals surface area contributed by atoms with E-state index in [2.05, 4.69) is 20.0 Å². The van der Waals surface area contributed by atoms with Gasteiger partial charge in [-0.15, -0.1) is 0 Å². The Bertz CT molecular complexity index is 1100. The summed E-state index contributed by atoms with van der Waals surface area (Å²) in [6.07, 6.45) is 0.0304. The van der Waals surface area contributed by atoms with Gasteiger partial charge in [-0.3, -0.25) is 9.36 Å². The van der Waals surface area contributed by atoms with Crippen molar-refractivity contribution in [2.24, 2.45) is 0 Å². The number of carbonyl (C=O) groups excluding carboxylic acids is 2. The first kappa shape index (κ1) is 29.6. The number of hydrogen-bond acceptors (Lipinski definition) is 11. The number of nitrogens with one attached hydrogen (secondary N) is 1. The average Bonchev–Trinajstić information content (AvgIpc) is 3.15. The summed E-state index contributed by atoms with van der Waals surface area (Å²) in [6.45, 7) is 13.3. The summed E-state index contributed by atoms with van der Waals surface area (Å²) in [6, 6.07) is 0. The molecule has 14 heteroatoms. The van der Waals surface area contributed by atoms with Gasteiger partial charge in [-0.2, -0.15) is 0 Å². The van der Waals surface area contributed by atoms with Gasteiger partial charge in [0.25, 0.3) is 7.52 Å². The third kappa shape index (κ3) is 8.22. The van der Waals surface area contributed by atoms with Crippen LogP contribution in [0, 0.1) is 0 Å². The maximum absolute atomic E-state index is 13.9. The highest BCUT2D eigenvalue weighted by Crippen LogP contribution is 2.46. The topological polar surface area (TPSA) is 170 Å². The quantitative estimate of drug-likeness (QED) is 0.288. The van der Waals surface area contributed by atoms with Gasteiger partial charge in [0, 0.05) is 0 Å². The van der Waals surface area contributed by atoms with Crippen molar-refractivity contribution >= 4 is 36.4 Å². The molecule has 3 atom stereocenters. The molecule has 0 aliphatic carbocycles. The molecule has 0 saturated heterocycles. The number of nitrogens with two attached hydrogens (primary N) is 1. The van der Waals surface area contributed by atoms with Crippen LogP contribution in [0.1, 0.15) is 55.4 Å². The fourth-order valence-electron chi connectivity index (χ4n) is 3.14. The Morgan fingerprint density at radius 1 is 1.08 bits per heavy atom. The molecule has 2 rings (SSSR count). The smallest absolute Gasteiger partial charge is 0.335 e. The number of fused-ring (bicyclic) bond motifs is 1. The van der Waals surface area contributed by atoms with Crippen molar-refractivity contribution in [1.29, 1.82) is 0 Å². The summed E-state index contributed by atoms with van der Waals surface area (Å²) in [5.74, 6) is -1.06. The minimum atomic E-state index is -3.94. The fraction of sp³-hybridized carbons (Fsp3) is 0.682. The summed E-state index contributed by atoms with van der Waals surface area (Å²) >= 11 is 0. The number of ether oxygens (including phenoxy) is 3. The van der Waals surface area contributed by atoms with Gasteiger partial charge in [0.05, 0.1) is 31.2 Å². The number of hydrogen-bond donors (Lipinski definition) is 2. The normalized spacial score (nSPS) is 15.6. The van der Waals surface area contributed by atoms with Gasteiger partial charge < -0.3 is 29.0 Å². The van der Waals surface area contributed by atoms with E-state index < -0.39 is 43.6 Å². The minimum Gasteiger partial charge on any atom is -0.462 e. The summed E-state index contributed by atoms with van der Waals surface area (Å²) in [5.41, 5.74) is 5.42. The van der Waals surface area contributed by atoms with Crippen molar-refractivity contribution in [2.75, 3.05) is 12.1 Å². The lowest BCUT2D eigenvalue weighted by Crippen LogP contribution is -2.48. The molecule has 0 spiro atoms. The van der Waals surface area contributed by atoms with E-state index in [0.29, 0.717) is 17.7 Å². The van der Waals surface area contributed by atoms with Gasteiger partial charge in [0.1, 0.15) is 23.7 Å². The average molecular weight is 529 g/mol. The van der Waals surface area contributed by atoms with Crippen molar-refractivity contribution in [3.05, 3.63) is 12.7 Å². The lowest BCUT2D eigenvalue weighted by molar-refractivity contribution is -0.155. The molecule has 0 aromatic carbocycles. The summed E-state index contributed by atoms with van der Waals surface area (Å²) in [5, 5.41) is 2.74. The Morgan fingerprint density at radius 3 is 2.33 bits per heavy atom. The number of rotatable bonds is 13. The van der Waals surface area contributed by atoms with Crippen molar-refractivity contribution in [1.82, 2.24) is 24.6 Å². The molecule has 0 aliphatic heterocycles. The Hall–Kier alpha value is -2.60. The summed E-state index contributed by atoms with van der Waals surface area (Å²) < 4.78 is 37.5. The molecule has 0 saturated carbocycles. The Kier molecular flexibility index (Phi) is 9.95. The first-order valence-corrected chi connectivity index (χ1v) is 13.5. The molecule has 2 aromatic heterocycles. The number of esters is 2. The van der Waals surface area contributed by atoms with Crippen LogP contribution in [0.15, 0.2) is 12.7 Å². The first-order chi connectivity index (χ1) is 16.6. The maximum atomic E-state index is 13.9. The number of imidazole rings is 1. The first-order valence-electron chi connectivity index (χ1n) is 11.6. The molecule has 0 amide bonds. The monoisotopic (exact) mass is 528 g/mol. The Labute approximate surface area is 210 Å². The van der Waals surface area contributed by atoms with Gasteiger partial charge in [-0.05, 0) is 55.4 Å². The highest BCUT2D eigenvalue weighted by Gasteiger charge is 2.41. The minimum absolute atomic E-state index is 0.257. The largest absolute Gasteiger partial charge is 0.462 e. The lowest BCUT2D eigenvalue weighted by Gasteiger charge is -2.32. The molecule has 2 aromatic rings. The van der Waals surface area contributed by atoms with Crippen molar-refractivity contribution in [2.45, 2.75) is 91.9 Å². The third-order valence-corrected chi connectivity index (χ3v) is 6.77. The van der Waals surface area contributed by atoms with E-state index in [1.807, 2.05) is 0 Å². The second-order valence-corrected chi connectivity index (χ2v) is 11.6. The van der Waals surface area contributed by atoms with Crippen LogP contribution < -0.4 is 10.8 Å². The zero-order chi connectivity index (χ0) is 27.3. The third-order valence-electron chi connectivity index (χ3n) is 4.73. The lowest BCUT2D eigenvalue weighted by atomic mass is 10.1. The molecule has 202 valence electrons. The number of nitrogen functional groups attached to an aromatic ring is 1. The van der Waals surface area contributed by atoms with E-state index in [1.54, 1.807) is 45.5 Å². The van der Waals surface area contributed by atoms with Crippen LogP contribution >= 0.6 is 7.52 Å². The van der Waals surface area contributed by atoms with Crippen molar-refractivity contribution in [3.8, 4) is 0 Å². The molecule has 0 aliphatic rings. The van der Waals surface area contributed by atoms with Gasteiger partial charge in [-0.1, -0.05) is 0 Å². The van der Waals surface area contributed by atoms with Gasteiger partial charge in [0.15, 0.2) is 17.6 Å². The summed E-state index contributed by atoms with van der Waals surface area (Å²) in [7, 11) is -3.94. The Balaban J connectivity index is 2.18. The molecule has 3 N–H and O–H groups in total. The van der Waals surface area contributed by atoms with E-state index in [9.17, 15) is 14.2 Å². The second kappa shape index (κ2) is 12.1. The van der Waals surface area contributed by atoms with E-state index in [4.69, 9.17) is 24.5 Å². The van der Waals surface area contributed by atoms with E-state index >= 15 is 0 Å². The fourth-order valence-corrected chi connectivity index (χ4v) is 5.30. The van der Waals surface area contributed by atoms with Crippen LogP contribution in [0.3, 0.4) is 0 Å². The molecule has 0 fully saturated rings. The molecule has 0 bridgehead atoms. The van der Waals surface area contributed by atoms with Crippen LogP contribution in [0.2, 0.25) is 0 Å².